The fourth-order valence-corrected chi connectivity index (χ4v) is 4.29. The minimum atomic E-state index is -3.45. The number of hydrogen-bond donors (Lipinski definition) is 0. The Morgan fingerprint density at radius 1 is 0.950 bits per heavy atom. The van der Waals surface area contributed by atoms with Gasteiger partial charge in [-0.1, -0.05) is 18.6 Å². The Hall–Kier alpha value is -1.59. The number of piperidine rings is 1. The SMILES string of the molecule is O=S(=O)(c1ccccc1-c1ccco1)N1CCCCC1. The molecule has 0 amide bonds. The van der Waals surface area contributed by atoms with Crippen LogP contribution in [0.3, 0.4) is 0 Å². The molecule has 5 heteroatoms. The van der Waals surface area contributed by atoms with E-state index in [1.165, 1.54) is 0 Å². The maximum absolute atomic E-state index is 12.8. The van der Waals surface area contributed by atoms with E-state index in [1.54, 1.807) is 40.9 Å². The standard InChI is InChI=1S/C15H17NO3S/c17-20(18,16-10-4-1-5-11-16)15-9-3-2-7-13(15)14-8-6-12-19-14/h2-3,6-9,12H,1,4-5,10-11H2. The highest BCUT2D eigenvalue weighted by Crippen LogP contribution is 2.30. The third-order valence-corrected chi connectivity index (χ3v) is 5.56. The Kier molecular flexibility index (Phi) is 3.63. The van der Waals surface area contributed by atoms with Gasteiger partial charge in [0.25, 0.3) is 0 Å². The van der Waals surface area contributed by atoms with Crippen LogP contribution in [0.4, 0.5) is 0 Å². The molecule has 0 spiro atoms. The molecule has 0 bridgehead atoms. The van der Waals surface area contributed by atoms with Crippen LogP contribution in [0, 0.1) is 0 Å². The summed E-state index contributed by atoms with van der Waals surface area (Å²) < 4.78 is 32.5. The number of furan rings is 1. The number of benzene rings is 1. The first-order valence-corrected chi connectivity index (χ1v) is 8.27. The highest BCUT2D eigenvalue weighted by atomic mass is 32.2. The van der Waals surface area contributed by atoms with Gasteiger partial charge in [-0.05, 0) is 37.1 Å². The Bertz CT molecular complexity index is 671. The zero-order valence-electron chi connectivity index (χ0n) is 11.2. The molecule has 3 rings (SSSR count). The second-order valence-electron chi connectivity index (χ2n) is 4.94. The summed E-state index contributed by atoms with van der Waals surface area (Å²) >= 11 is 0. The molecule has 20 heavy (non-hydrogen) atoms. The molecule has 0 radical (unpaired) electrons. The Morgan fingerprint density at radius 3 is 2.40 bits per heavy atom. The average molecular weight is 291 g/mol. The van der Waals surface area contributed by atoms with Crippen LogP contribution in [-0.2, 0) is 10.0 Å². The molecule has 1 aliphatic heterocycles. The van der Waals surface area contributed by atoms with Gasteiger partial charge in [-0.25, -0.2) is 8.42 Å². The van der Waals surface area contributed by atoms with Gasteiger partial charge in [-0.2, -0.15) is 4.31 Å². The molecule has 0 unspecified atom stereocenters. The number of rotatable bonds is 3. The van der Waals surface area contributed by atoms with Gasteiger partial charge in [-0.3, -0.25) is 0 Å². The quantitative estimate of drug-likeness (QED) is 0.873. The van der Waals surface area contributed by atoms with Crippen molar-refractivity contribution in [2.24, 2.45) is 0 Å². The monoisotopic (exact) mass is 291 g/mol. The third kappa shape index (κ3) is 2.39. The molecule has 2 aromatic rings. The van der Waals surface area contributed by atoms with Crippen molar-refractivity contribution in [1.29, 1.82) is 0 Å². The first-order chi connectivity index (χ1) is 9.69. The maximum atomic E-state index is 12.8. The van der Waals surface area contributed by atoms with Gasteiger partial charge in [0.2, 0.25) is 10.0 Å². The van der Waals surface area contributed by atoms with E-state index in [4.69, 9.17) is 4.42 Å². The highest BCUT2D eigenvalue weighted by molar-refractivity contribution is 7.89. The minimum absolute atomic E-state index is 0.330. The van der Waals surface area contributed by atoms with Crippen LogP contribution >= 0.6 is 0 Å². The Labute approximate surface area is 119 Å². The van der Waals surface area contributed by atoms with Gasteiger partial charge in [0.05, 0.1) is 11.2 Å². The number of nitrogens with zero attached hydrogens (tertiary/aromatic N) is 1. The molecule has 1 aliphatic rings. The number of sulfonamides is 1. The smallest absolute Gasteiger partial charge is 0.243 e. The van der Waals surface area contributed by atoms with Crippen LogP contribution in [-0.4, -0.2) is 25.8 Å². The lowest BCUT2D eigenvalue weighted by Crippen LogP contribution is -2.35. The summed E-state index contributed by atoms with van der Waals surface area (Å²) in [6.07, 6.45) is 4.52. The third-order valence-electron chi connectivity index (χ3n) is 3.61. The summed E-state index contributed by atoms with van der Waals surface area (Å²) in [6.45, 7) is 1.21. The molecular weight excluding hydrogens is 274 g/mol. The van der Waals surface area contributed by atoms with E-state index in [2.05, 4.69) is 0 Å². The van der Waals surface area contributed by atoms with Gasteiger partial charge >= 0.3 is 0 Å². The molecule has 1 saturated heterocycles. The topological polar surface area (TPSA) is 50.5 Å². The maximum Gasteiger partial charge on any atom is 0.243 e. The van der Waals surface area contributed by atoms with Gasteiger partial charge < -0.3 is 4.42 Å². The van der Waals surface area contributed by atoms with Crippen molar-refractivity contribution in [2.45, 2.75) is 24.2 Å². The second-order valence-corrected chi connectivity index (χ2v) is 6.84. The van der Waals surface area contributed by atoms with E-state index < -0.39 is 10.0 Å². The van der Waals surface area contributed by atoms with Crippen molar-refractivity contribution in [3.8, 4) is 11.3 Å². The van der Waals surface area contributed by atoms with Crippen LogP contribution in [0.1, 0.15) is 19.3 Å². The molecule has 2 heterocycles. The van der Waals surface area contributed by atoms with E-state index in [9.17, 15) is 8.42 Å². The summed E-state index contributed by atoms with van der Waals surface area (Å²) in [6, 6.07) is 10.6. The van der Waals surface area contributed by atoms with E-state index in [0.717, 1.165) is 19.3 Å². The van der Waals surface area contributed by atoms with Gasteiger partial charge in [0.15, 0.2) is 0 Å². The molecule has 0 N–H and O–H groups in total. The zero-order chi connectivity index (χ0) is 14.0. The highest BCUT2D eigenvalue weighted by Gasteiger charge is 2.28. The molecule has 0 aliphatic carbocycles. The van der Waals surface area contributed by atoms with E-state index >= 15 is 0 Å². The van der Waals surface area contributed by atoms with E-state index in [1.807, 2.05) is 6.07 Å². The lowest BCUT2D eigenvalue weighted by Gasteiger charge is -2.26. The van der Waals surface area contributed by atoms with Crippen LogP contribution in [0.5, 0.6) is 0 Å². The van der Waals surface area contributed by atoms with Crippen molar-refractivity contribution in [1.82, 2.24) is 4.31 Å². The molecule has 106 valence electrons. The summed E-state index contributed by atoms with van der Waals surface area (Å²) in [7, 11) is -3.45. The summed E-state index contributed by atoms with van der Waals surface area (Å²) in [5.41, 5.74) is 0.628. The largest absolute Gasteiger partial charge is 0.464 e. The van der Waals surface area contributed by atoms with Crippen LogP contribution in [0.15, 0.2) is 52.0 Å². The summed E-state index contributed by atoms with van der Waals surface area (Å²) in [5.74, 6) is 0.584. The fraction of sp³-hybridized carbons (Fsp3) is 0.333. The van der Waals surface area contributed by atoms with Crippen molar-refractivity contribution in [2.75, 3.05) is 13.1 Å². The molecule has 1 fully saturated rings. The van der Waals surface area contributed by atoms with Crippen LogP contribution in [0.2, 0.25) is 0 Å². The first-order valence-electron chi connectivity index (χ1n) is 6.83. The second kappa shape index (κ2) is 5.42. The average Bonchev–Trinajstić information content (AvgIpc) is 3.02. The van der Waals surface area contributed by atoms with Gasteiger partial charge in [0, 0.05) is 18.7 Å². The minimum Gasteiger partial charge on any atom is -0.464 e. The van der Waals surface area contributed by atoms with Crippen molar-refractivity contribution >= 4 is 10.0 Å². The predicted molar refractivity (Wildman–Crippen MR) is 76.8 cm³/mol. The lowest BCUT2D eigenvalue weighted by atomic mass is 10.2. The summed E-state index contributed by atoms with van der Waals surface area (Å²) in [4.78, 5) is 0.330. The van der Waals surface area contributed by atoms with Crippen molar-refractivity contribution in [3.05, 3.63) is 42.7 Å². The Balaban J connectivity index is 2.05. The van der Waals surface area contributed by atoms with Crippen molar-refractivity contribution < 1.29 is 12.8 Å². The molecule has 4 nitrogen and oxygen atoms in total. The molecular formula is C15H17NO3S. The van der Waals surface area contributed by atoms with E-state index in [0.29, 0.717) is 29.3 Å². The normalized spacial score (nSPS) is 17.2. The van der Waals surface area contributed by atoms with Crippen LogP contribution in [0.25, 0.3) is 11.3 Å². The predicted octanol–water partition coefficient (Wildman–Crippen LogP) is 3.12. The molecule has 0 saturated carbocycles. The lowest BCUT2D eigenvalue weighted by molar-refractivity contribution is 0.346. The van der Waals surface area contributed by atoms with Crippen LogP contribution < -0.4 is 0 Å². The zero-order valence-corrected chi connectivity index (χ0v) is 12.0. The van der Waals surface area contributed by atoms with E-state index in [-0.39, 0.29) is 0 Å². The fourth-order valence-electron chi connectivity index (χ4n) is 2.57. The summed E-state index contributed by atoms with van der Waals surface area (Å²) in [5, 5.41) is 0. The first kappa shape index (κ1) is 13.4. The molecule has 1 aromatic heterocycles. The molecule has 1 aromatic carbocycles. The van der Waals surface area contributed by atoms with Gasteiger partial charge in [-0.15, -0.1) is 0 Å². The molecule has 0 atom stereocenters. The Morgan fingerprint density at radius 2 is 1.70 bits per heavy atom. The number of hydrogen-bond acceptors (Lipinski definition) is 3. The van der Waals surface area contributed by atoms with Gasteiger partial charge in [0.1, 0.15) is 5.76 Å². The van der Waals surface area contributed by atoms with Crippen molar-refractivity contribution in [3.63, 3.8) is 0 Å².